The molecular weight excluding hydrogens is 436 g/mol. The summed E-state index contributed by atoms with van der Waals surface area (Å²) in [4.78, 5) is 0. The lowest BCUT2D eigenvalue weighted by atomic mass is 9.60. The normalized spacial score (nSPS) is 19.9. The monoisotopic (exact) mass is 474 g/mol. The van der Waals surface area contributed by atoms with E-state index in [9.17, 15) is 0 Å². The molecule has 0 saturated heterocycles. The van der Waals surface area contributed by atoms with Crippen LogP contribution in [0.4, 0.5) is 0 Å². The van der Waals surface area contributed by atoms with E-state index in [-0.39, 0.29) is 5.41 Å². The van der Waals surface area contributed by atoms with Crippen molar-refractivity contribution >= 4 is 48.1 Å². The molecule has 0 heterocycles. The lowest BCUT2D eigenvalue weighted by molar-refractivity contribution is 0.372. The zero-order valence-corrected chi connectivity index (χ0v) is 24.7. The van der Waals surface area contributed by atoms with E-state index in [0.29, 0.717) is 5.92 Å². The molecule has 0 radical (unpaired) electrons. The fraction of sp³-hybridized carbons (Fsp3) is 0.353. The van der Waals surface area contributed by atoms with Crippen LogP contribution in [0, 0.1) is 31.2 Å². The Hall–Kier alpha value is -2.82. The highest BCUT2D eigenvalue weighted by Crippen LogP contribution is 2.51. The number of hydrogen-bond acceptors (Lipinski definition) is 0. The van der Waals surface area contributed by atoms with Crippen LogP contribution in [0.3, 0.4) is 0 Å². The fourth-order valence-electron chi connectivity index (χ4n) is 6.74. The van der Waals surface area contributed by atoms with Gasteiger partial charge in [0.25, 0.3) is 0 Å². The quantitative estimate of drug-likeness (QED) is 0.160. The molecule has 0 aliphatic heterocycles. The van der Waals surface area contributed by atoms with Gasteiger partial charge in [0.2, 0.25) is 0 Å². The van der Waals surface area contributed by atoms with Crippen molar-refractivity contribution in [1.82, 2.24) is 0 Å². The maximum absolute atomic E-state index is 3.68. The van der Waals surface area contributed by atoms with Crippen molar-refractivity contribution in [3.8, 4) is 11.5 Å². The predicted octanol–water partition coefficient (Wildman–Crippen LogP) is 8.13. The van der Waals surface area contributed by atoms with Gasteiger partial charge < -0.3 is 0 Å². The van der Waals surface area contributed by atoms with Gasteiger partial charge in [-0.3, -0.25) is 0 Å². The molecule has 0 aromatic heterocycles. The summed E-state index contributed by atoms with van der Waals surface area (Å²) in [5, 5.41) is 8.34. The molecule has 0 fully saturated rings. The van der Waals surface area contributed by atoms with E-state index >= 15 is 0 Å². The lowest BCUT2D eigenvalue weighted by Gasteiger charge is -2.42. The second-order valence-electron chi connectivity index (χ2n) is 10.7. The largest absolute Gasteiger partial charge is 0.143 e. The molecule has 1 aliphatic carbocycles. The number of allylic oxidation sites excluding steroid dienone is 2. The van der Waals surface area contributed by atoms with E-state index in [1.807, 2.05) is 0 Å². The third kappa shape index (κ3) is 3.41. The van der Waals surface area contributed by atoms with Crippen molar-refractivity contribution in [3.05, 3.63) is 75.9 Å². The summed E-state index contributed by atoms with van der Waals surface area (Å²) >= 11 is 0. The van der Waals surface area contributed by atoms with Gasteiger partial charge in [0.15, 0.2) is 0 Å². The summed E-state index contributed by atoms with van der Waals surface area (Å²) in [5.74, 6) is 4.00. The number of hydrogen-bond donors (Lipinski definition) is 0. The molecule has 0 amide bonds. The van der Waals surface area contributed by atoms with Crippen LogP contribution in [0.2, 0.25) is 0 Å². The molecule has 178 valence electrons. The average molecular weight is 475 g/mol. The number of fused-ring (bicyclic) bond motifs is 4. The van der Waals surface area contributed by atoms with Gasteiger partial charge in [-0.2, -0.15) is 0 Å². The molecule has 0 N–H and O–H groups in total. The first-order valence-electron chi connectivity index (χ1n) is 13.3. The summed E-state index contributed by atoms with van der Waals surface area (Å²) in [6.45, 7) is 16.2. The van der Waals surface area contributed by atoms with Gasteiger partial charge in [0, 0.05) is 5.41 Å². The van der Waals surface area contributed by atoms with Gasteiger partial charge in [-0.25, -0.2) is 0 Å². The zero-order valence-electron chi connectivity index (χ0n) is 22.7. The van der Waals surface area contributed by atoms with Crippen LogP contribution >= 0.6 is 0 Å². The SMILES string of the molecule is CCC1=C(C)c2cc3c(CC)c4cc5c(C)ccc(C)c5cc4cc3cc2C(C)(CC)C1C#C[SiH3]. The van der Waals surface area contributed by atoms with Gasteiger partial charge in [0.1, 0.15) is 0 Å². The van der Waals surface area contributed by atoms with Crippen molar-refractivity contribution in [3.63, 3.8) is 0 Å². The van der Waals surface area contributed by atoms with Crippen LogP contribution in [0.15, 0.2) is 48.0 Å². The third-order valence-electron chi connectivity index (χ3n) is 9.02. The first-order valence-corrected chi connectivity index (χ1v) is 14.3. The van der Waals surface area contributed by atoms with Crippen molar-refractivity contribution in [2.45, 2.75) is 73.1 Å². The van der Waals surface area contributed by atoms with Gasteiger partial charge in [0.05, 0.1) is 16.2 Å². The molecular formula is C34H38Si. The molecule has 1 aliphatic rings. The predicted molar refractivity (Wildman–Crippen MR) is 160 cm³/mol. The molecule has 2 atom stereocenters. The summed E-state index contributed by atoms with van der Waals surface area (Å²) in [6, 6.07) is 16.9. The van der Waals surface area contributed by atoms with Crippen LogP contribution in [0.5, 0.6) is 0 Å². The molecule has 1 heteroatoms. The van der Waals surface area contributed by atoms with E-state index in [2.05, 4.69) is 102 Å². The Balaban J connectivity index is 1.92. The number of rotatable bonds is 3. The fourth-order valence-corrected chi connectivity index (χ4v) is 7.03. The third-order valence-corrected chi connectivity index (χ3v) is 9.31. The second-order valence-corrected chi connectivity index (χ2v) is 11.2. The molecule has 2 unspecified atom stereocenters. The number of benzene rings is 4. The first kappa shape index (κ1) is 23.9. The van der Waals surface area contributed by atoms with Crippen LogP contribution in [-0.2, 0) is 11.8 Å². The smallest absolute Gasteiger partial charge is 0.0906 e. The van der Waals surface area contributed by atoms with E-state index in [1.54, 1.807) is 5.57 Å². The van der Waals surface area contributed by atoms with Crippen molar-refractivity contribution in [2.75, 3.05) is 0 Å². The molecule has 4 aromatic rings. The molecule has 5 rings (SSSR count). The van der Waals surface area contributed by atoms with Gasteiger partial charge in [-0.05, 0) is 136 Å². The summed E-state index contributed by atoms with van der Waals surface area (Å²) in [5.41, 5.74) is 13.6. The summed E-state index contributed by atoms with van der Waals surface area (Å²) in [6.07, 6.45) is 3.20. The van der Waals surface area contributed by atoms with Crippen LogP contribution < -0.4 is 0 Å². The van der Waals surface area contributed by atoms with E-state index in [0.717, 1.165) is 29.5 Å². The maximum atomic E-state index is 3.68. The maximum Gasteiger partial charge on any atom is 0.0906 e. The van der Waals surface area contributed by atoms with Gasteiger partial charge in [-0.1, -0.05) is 45.4 Å². The minimum Gasteiger partial charge on any atom is -0.143 e. The summed E-state index contributed by atoms with van der Waals surface area (Å²) in [7, 11) is 0.932. The van der Waals surface area contributed by atoms with Crippen LogP contribution in [0.1, 0.15) is 75.3 Å². The van der Waals surface area contributed by atoms with Gasteiger partial charge in [-0.15, -0.1) is 11.5 Å². The molecule has 0 spiro atoms. The number of aryl methyl sites for hydroxylation is 3. The topological polar surface area (TPSA) is 0 Å². The van der Waals surface area contributed by atoms with Crippen LogP contribution in [0.25, 0.3) is 37.9 Å². The van der Waals surface area contributed by atoms with Gasteiger partial charge >= 0.3 is 0 Å². The lowest BCUT2D eigenvalue weighted by Crippen LogP contribution is -2.36. The first-order chi connectivity index (χ1) is 16.8. The van der Waals surface area contributed by atoms with Crippen molar-refractivity contribution in [2.24, 2.45) is 5.92 Å². The Morgan fingerprint density at radius 3 is 2.03 bits per heavy atom. The Morgan fingerprint density at radius 2 is 1.43 bits per heavy atom. The van der Waals surface area contributed by atoms with Crippen molar-refractivity contribution < 1.29 is 0 Å². The van der Waals surface area contributed by atoms with Crippen LogP contribution in [-0.4, -0.2) is 10.2 Å². The molecule has 0 bridgehead atoms. The Morgan fingerprint density at radius 1 is 0.800 bits per heavy atom. The van der Waals surface area contributed by atoms with E-state index in [1.165, 1.54) is 65.7 Å². The molecule has 0 nitrogen and oxygen atoms in total. The molecule has 0 saturated carbocycles. The standard InChI is InChI=1S/C34H38Si/c1-8-25-22(6)29-19-31-24(17-33(29)34(7,10-3)32(25)13-14-35)15-23-16-27-20(4)11-12-21(5)28(27)18-30(23)26(31)9-2/h11-12,15-19,32H,8-10H2,1-7,35H3. The highest BCUT2D eigenvalue weighted by atomic mass is 28.1. The molecule has 4 aromatic carbocycles. The summed E-state index contributed by atoms with van der Waals surface area (Å²) < 4.78 is 0. The Kier molecular flexibility index (Phi) is 5.93. The van der Waals surface area contributed by atoms with E-state index < -0.39 is 0 Å². The Bertz CT molecular complexity index is 1610. The highest BCUT2D eigenvalue weighted by molar-refractivity contribution is 6.22. The highest BCUT2D eigenvalue weighted by Gasteiger charge is 2.41. The molecule has 35 heavy (non-hydrogen) atoms. The second kappa shape index (κ2) is 8.68. The average Bonchev–Trinajstić information content (AvgIpc) is 2.86. The minimum atomic E-state index is 0.0458. The Labute approximate surface area is 214 Å². The van der Waals surface area contributed by atoms with Crippen molar-refractivity contribution in [1.29, 1.82) is 0 Å². The van der Waals surface area contributed by atoms with E-state index in [4.69, 9.17) is 0 Å². The zero-order chi connectivity index (χ0) is 25.1. The minimum absolute atomic E-state index is 0.0458.